The van der Waals surface area contributed by atoms with Crippen molar-refractivity contribution in [3.05, 3.63) is 83.9 Å². The van der Waals surface area contributed by atoms with E-state index in [1.165, 1.54) is 0 Å². The maximum Gasteiger partial charge on any atom is 0.248 e. The molecule has 0 fully saturated rings. The number of primary amides is 1. The number of carbonyl (C=O) groups excluding carboxylic acids is 1. The summed E-state index contributed by atoms with van der Waals surface area (Å²) in [4.78, 5) is 11.1. The van der Waals surface area contributed by atoms with E-state index in [0.717, 1.165) is 22.7 Å². The number of nitrogen functional groups attached to an aromatic ring is 1. The average Bonchev–Trinajstić information content (AvgIpc) is 2.63. The third kappa shape index (κ3) is 5.56. The first kappa shape index (κ1) is 18.9. The lowest BCUT2D eigenvalue weighted by atomic mass is 10.1. The number of aryl methyl sites for hydroxylation is 1. The van der Waals surface area contributed by atoms with Crippen LogP contribution in [0.15, 0.2) is 72.8 Å². The molecule has 26 heavy (non-hydrogen) atoms. The first-order valence-corrected chi connectivity index (χ1v) is 8.02. The SMILES string of the molecule is COc1ccc(N)cc1.Cc1cc(Oc2ccccc2)ccc1C(N)=O. The van der Waals surface area contributed by atoms with Crippen LogP contribution < -0.4 is 20.9 Å². The van der Waals surface area contributed by atoms with Crippen LogP contribution in [0.3, 0.4) is 0 Å². The molecule has 5 heteroatoms. The number of benzene rings is 3. The minimum atomic E-state index is -0.422. The minimum absolute atomic E-state index is 0.422. The van der Waals surface area contributed by atoms with Crippen LogP contribution in [-0.4, -0.2) is 13.0 Å². The highest BCUT2D eigenvalue weighted by molar-refractivity contribution is 5.94. The monoisotopic (exact) mass is 350 g/mol. The quantitative estimate of drug-likeness (QED) is 0.692. The van der Waals surface area contributed by atoms with Gasteiger partial charge in [-0.25, -0.2) is 0 Å². The summed E-state index contributed by atoms with van der Waals surface area (Å²) in [6.45, 7) is 1.83. The summed E-state index contributed by atoms with van der Waals surface area (Å²) >= 11 is 0. The third-order valence-electron chi connectivity index (χ3n) is 3.56. The largest absolute Gasteiger partial charge is 0.497 e. The molecule has 0 aromatic heterocycles. The van der Waals surface area contributed by atoms with Gasteiger partial charge in [0.05, 0.1) is 7.11 Å². The Bertz CT molecular complexity index is 847. The molecule has 0 unspecified atom stereocenters. The van der Waals surface area contributed by atoms with Gasteiger partial charge in [0.1, 0.15) is 17.2 Å². The topological polar surface area (TPSA) is 87.6 Å². The van der Waals surface area contributed by atoms with Crippen molar-refractivity contribution in [2.24, 2.45) is 5.73 Å². The van der Waals surface area contributed by atoms with Gasteiger partial charge in [-0.3, -0.25) is 4.79 Å². The van der Waals surface area contributed by atoms with E-state index >= 15 is 0 Å². The zero-order valence-electron chi connectivity index (χ0n) is 14.8. The number of anilines is 1. The highest BCUT2D eigenvalue weighted by Crippen LogP contribution is 2.23. The molecule has 4 N–H and O–H groups in total. The van der Waals surface area contributed by atoms with E-state index < -0.39 is 5.91 Å². The molecule has 3 rings (SSSR count). The van der Waals surface area contributed by atoms with E-state index in [4.69, 9.17) is 20.9 Å². The fraction of sp³-hybridized carbons (Fsp3) is 0.0952. The van der Waals surface area contributed by atoms with Gasteiger partial charge in [-0.1, -0.05) is 18.2 Å². The summed E-state index contributed by atoms with van der Waals surface area (Å²) in [5.74, 6) is 1.87. The summed E-state index contributed by atoms with van der Waals surface area (Å²) in [6, 6.07) is 22.0. The molecule has 0 aliphatic heterocycles. The molecule has 134 valence electrons. The second kappa shape index (κ2) is 9.13. The molecule has 0 atom stereocenters. The molecule has 0 saturated carbocycles. The maximum absolute atomic E-state index is 11.1. The summed E-state index contributed by atoms with van der Waals surface area (Å²) in [6.07, 6.45) is 0. The number of methoxy groups -OCH3 is 1. The van der Waals surface area contributed by atoms with Crippen LogP contribution in [0.25, 0.3) is 0 Å². The number of amides is 1. The van der Waals surface area contributed by atoms with Crippen LogP contribution in [0.4, 0.5) is 5.69 Å². The molecular weight excluding hydrogens is 328 g/mol. The molecular formula is C21H22N2O3. The molecule has 0 saturated heterocycles. The summed E-state index contributed by atoms with van der Waals surface area (Å²) < 4.78 is 10.6. The Morgan fingerprint density at radius 3 is 2.00 bits per heavy atom. The normalized spacial score (nSPS) is 9.62. The van der Waals surface area contributed by atoms with Gasteiger partial charge in [0.15, 0.2) is 0 Å². The van der Waals surface area contributed by atoms with Crippen molar-refractivity contribution < 1.29 is 14.3 Å². The van der Waals surface area contributed by atoms with Crippen molar-refractivity contribution >= 4 is 11.6 Å². The van der Waals surface area contributed by atoms with Crippen LogP contribution >= 0.6 is 0 Å². The number of nitrogens with two attached hydrogens (primary N) is 2. The number of hydrogen-bond donors (Lipinski definition) is 2. The van der Waals surface area contributed by atoms with Gasteiger partial charge in [-0.15, -0.1) is 0 Å². The average molecular weight is 350 g/mol. The van der Waals surface area contributed by atoms with Crippen LogP contribution in [0.5, 0.6) is 17.2 Å². The zero-order valence-corrected chi connectivity index (χ0v) is 14.8. The molecule has 0 bridgehead atoms. The minimum Gasteiger partial charge on any atom is -0.497 e. The predicted molar refractivity (Wildman–Crippen MR) is 104 cm³/mol. The van der Waals surface area contributed by atoms with Gasteiger partial charge in [0.2, 0.25) is 5.91 Å². The van der Waals surface area contributed by atoms with Crippen LogP contribution in [0.1, 0.15) is 15.9 Å². The number of ether oxygens (including phenoxy) is 2. The van der Waals surface area contributed by atoms with Crippen molar-refractivity contribution in [3.63, 3.8) is 0 Å². The van der Waals surface area contributed by atoms with E-state index in [2.05, 4.69) is 0 Å². The Morgan fingerprint density at radius 2 is 1.46 bits per heavy atom. The second-order valence-electron chi connectivity index (χ2n) is 5.53. The first-order chi connectivity index (χ1) is 12.5. The van der Waals surface area contributed by atoms with E-state index in [1.54, 1.807) is 37.4 Å². The fourth-order valence-electron chi connectivity index (χ4n) is 2.20. The lowest BCUT2D eigenvalue weighted by Crippen LogP contribution is -2.12. The van der Waals surface area contributed by atoms with Crippen LogP contribution in [0.2, 0.25) is 0 Å². The number of hydrogen-bond acceptors (Lipinski definition) is 4. The molecule has 3 aromatic carbocycles. The number of rotatable bonds is 4. The second-order valence-corrected chi connectivity index (χ2v) is 5.53. The summed E-state index contributed by atoms with van der Waals surface area (Å²) in [5.41, 5.74) is 12.8. The Labute approximate surface area is 153 Å². The molecule has 1 amide bonds. The van der Waals surface area contributed by atoms with Gasteiger partial charge < -0.3 is 20.9 Å². The Morgan fingerprint density at radius 1 is 0.846 bits per heavy atom. The molecule has 0 aliphatic rings. The lowest BCUT2D eigenvalue weighted by Gasteiger charge is -2.08. The molecule has 0 radical (unpaired) electrons. The van der Waals surface area contributed by atoms with Gasteiger partial charge in [-0.05, 0) is 67.1 Å². The highest BCUT2D eigenvalue weighted by Gasteiger charge is 2.06. The molecule has 0 spiro atoms. The first-order valence-electron chi connectivity index (χ1n) is 8.02. The van der Waals surface area contributed by atoms with Gasteiger partial charge in [0, 0.05) is 11.3 Å². The van der Waals surface area contributed by atoms with E-state index in [0.29, 0.717) is 11.3 Å². The van der Waals surface area contributed by atoms with Crippen molar-refractivity contribution in [1.29, 1.82) is 0 Å². The Balaban J connectivity index is 0.000000228. The molecule has 0 aliphatic carbocycles. The standard InChI is InChI=1S/C14H13NO2.C7H9NO/c1-10-9-12(7-8-13(10)14(15)16)17-11-5-3-2-4-6-11;1-9-7-4-2-6(8)3-5-7/h2-9H,1H3,(H2,15,16);2-5H,8H2,1H3. The lowest BCUT2D eigenvalue weighted by molar-refractivity contribution is 0.0999. The number of carbonyl (C=O) groups is 1. The van der Waals surface area contributed by atoms with E-state index in [1.807, 2.05) is 49.4 Å². The molecule has 5 nitrogen and oxygen atoms in total. The Kier molecular flexibility index (Phi) is 6.62. The number of para-hydroxylation sites is 1. The van der Waals surface area contributed by atoms with Crippen LogP contribution in [-0.2, 0) is 0 Å². The van der Waals surface area contributed by atoms with Crippen molar-refractivity contribution in [2.45, 2.75) is 6.92 Å². The Hall–Kier alpha value is -3.47. The van der Waals surface area contributed by atoms with Crippen molar-refractivity contribution in [2.75, 3.05) is 12.8 Å². The predicted octanol–water partition coefficient (Wildman–Crippen LogP) is 4.16. The van der Waals surface area contributed by atoms with E-state index in [9.17, 15) is 4.79 Å². The summed E-state index contributed by atoms with van der Waals surface area (Å²) in [7, 11) is 1.63. The van der Waals surface area contributed by atoms with Gasteiger partial charge in [-0.2, -0.15) is 0 Å². The fourth-order valence-corrected chi connectivity index (χ4v) is 2.20. The third-order valence-corrected chi connectivity index (χ3v) is 3.56. The maximum atomic E-state index is 11.1. The van der Waals surface area contributed by atoms with Gasteiger partial charge in [0.25, 0.3) is 0 Å². The summed E-state index contributed by atoms with van der Waals surface area (Å²) in [5, 5.41) is 0. The van der Waals surface area contributed by atoms with E-state index in [-0.39, 0.29) is 0 Å². The molecule has 0 heterocycles. The van der Waals surface area contributed by atoms with Gasteiger partial charge >= 0.3 is 0 Å². The molecule has 3 aromatic rings. The van der Waals surface area contributed by atoms with Crippen molar-refractivity contribution in [3.8, 4) is 17.2 Å². The zero-order chi connectivity index (χ0) is 18.9. The smallest absolute Gasteiger partial charge is 0.248 e. The highest BCUT2D eigenvalue weighted by atomic mass is 16.5. The van der Waals surface area contributed by atoms with Crippen molar-refractivity contribution in [1.82, 2.24) is 0 Å². The van der Waals surface area contributed by atoms with Crippen LogP contribution in [0, 0.1) is 6.92 Å².